The van der Waals surface area contributed by atoms with Crippen molar-refractivity contribution in [1.29, 1.82) is 0 Å². The van der Waals surface area contributed by atoms with Gasteiger partial charge in [-0.25, -0.2) is 0 Å². The molecule has 2 saturated heterocycles. The molecule has 3 rings (SSSR count). The predicted molar refractivity (Wildman–Crippen MR) is 104 cm³/mol. The third-order valence-corrected chi connectivity index (χ3v) is 6.56. The van der Waals surface area contributed by atoms with Crippen molar-refractivity contribution >= 4 is 5.91 Å². The molecule has 0 spiro atoms. The van der Waals surface area contributed by atoms with E-state index in [1.54, 1.807) is 5.57 Å². The smallest absolute Gasteiger partial charge is 0.222 e. The summed E-state index contributed by atoms with van der Waals surface area (Å²) in [6, 6.07) is 0. The van der Waals surface area contributed by atoms with Gasteiger partial charge in [0.2, 0.25) is 5.91 Å². The van der Waals surface area contributed by atoms with Crippen molar-refractivity contribution in [2.24, 2.45) is 11.8 Å². The molecule has 1 aliphatic carbocycles. The molecular weight excluding hydrogens is 308 g/mol. The fraction of sp³-hybridized carbons (Fsp3) is 0.773. The second-order valence-corrected chi connectivity index (χ2v) is 8.53. The van der Waals surface area contributed by atoms with Gasteiger partial charge in [0.25, 0.3) is 0 Å². The Morgan fingerprint density at radius 2 is 1.88 bits per heavy atom. The summed E-state index contributed by atoms with van der Waals surface area (Å²) in [5.41, 5.74) is 2.99. The van der Waals surface area contributed by atoms with Crippen molar-refractivity contribution in [2.75, 3.05) is 32.7 Å². The Morgan fingerprint density at radius 3 is 2.48 bits per heavy atom. The zero-order valence-electron chi connectivity index (χ0n) is 16.1. The van der Waals surface area contributed by atoms with Gasteiger partial charge in [0.05, 0.1) is 0 Å². The highest BCUT2D eigenvalue weighted by Crippen LogP contribution is 2.30. The normalized spacial score (nSPS) is 25.9. The largest absolute Gasteiger partial charge is 0.343 e. The Morgan fingerprint density at radius 1 is 1.16 bits per heavy atom. The number of carbonyl (C=O) groups is 1. The van der Waals surface area contributed by atoms with Crippen molar-refractivity contribution in [3.63, 3.8) is 0 Å². The lowest BCUT2D eigenvalue weighted by molar-refractivity contribution is -0.130. The standard InChI is InChI=1S/C22H36N2O/c1-18(2)21-8-5-20(6-9-21)17-23-15-11-19(12-16-23)7-10-22(25)24-13-3-4-14-24/h5,19,21H,1,3-4,6-17H2,2H3/t21-/m1/s1. The average molecular weight is 345 g/mol. The first-order valence-electron chi connectivity index (χ1n) is 10.4. The van der Waals surface area contributed by atoms with Crippen LogP contribution in [0.4, 0.5) is 0 Å². The van der Waals surface area contributed by atoms with Crippen LogP contribution in [0.1, 0.15) is 64.7 Å². The zero-order valence-corrected chi connectivity index (χ0v) is 16.1. The summed E-state index contributed by atoms with van der Waals surface area (Å²) in [5, 5.41) is 0. The Balaban J connectivity index is 1.33. The number of carbonyl (C=O) groups excluding carboxylic acids is 1. The van der Waals surface area contributed by atoms with E-state index in [0.29, 0.717) is 11.8 Å². The minimum Gasteiger partial charge on any atom is -0.343 e. The van der Waals surface area contributed by atoms with Crippen LogP contribution in [-0.2, 0) is 4.79 Å². The maximum atomic E-state index is 12.2. The summed E-state index contributed by atoms with van der Waals surface area (Å²) < 4.78 is 0. The molecule has 0 aromatic rings. The molecule has 0 aromatic heterocycles. The first-order valence-corrected chi connectivity index (χ1v) is 10.4. The highest BCUT2D eigenvalue weighted by molar-refractivity contribution is 5.76. The van der Waals surface area contributed by atoms with Crippen LogP contribution >= 0.6 is 0 Å². The van der Waals surface area contributed by atoms with Crippen LogP contribution in [0.3, 0.4) is 0 Å². The Kier molecular flexibility index (Phi) is 6.75. The van der Waals surface area contributed by atoms with Crippen LogP contribution in [0.25, 0.3) is 0 Å². The van der Waals surface area contributed by atoms with Gasteiger partial charge in [0, 0.05) is 26.1 Å². The van der Waals surface area contributed by atoms with Crippen LogP contribution in [0.2, 0.25) is 0 Å². The lowest BCUT2D eigenvalue weighted by Gasteiger charge is -2.34. The number of rotatable bonds is 6. The van der Waals surface area contributed by atoms with Crippen LogP contribution in [-0.4, -0.2) is 48.4 Å². The lowest BCUT2D eigenvalue weighted by Crippen LogP contribution is -2.36. The summed E-state index contributed by atoms with van der Waals surface area (Å²) in [7, 11) is 0. The molecule has 0 saturated carbocycles. The molecule has 0 bridgehead atoms. The number of hydrogen-bond donors (Lipinski definition) is 0. The zero-order chi connectivity index (χ0) is 17.6. The maximum absolute atomic E-state index is 12.2. The summed E-state index contributed by atoms with van der Waals surface area (Å²) in [6.07, 6.45) is 13.0. The second kappa shape index (κ2) is 9.02. The molecule has 3 heteroatoms. The van der Waals surface area contributed by atoms with E-state index < -0.39 is 0 Å². The van der Waals surface area contributed by atoms with E-state index in [-0.39, 0.29) is 0 Å². The predicted octanol–water partition coefficient (Wildman–Crippen LogP) is 4.40. The topological polar surface area (TPSA) is 23.6 Å². The fourth-order valence-corrected chi connectivity index (χ4v) is 4.65. The molecule has 0 radical (unpaired) electrons. The molecule has 0 N–H and O–H groups in total. The van der Waals surface area contributed by atoms with Crippen LogP contribution in [0.15, 0.2) is 23.8 Å². The maximum Gasteiger partial charge on any atom is 0.222 e. The molecule has 2 aliphatic heterocycles. The highest BCUT2D eigenvalue weighted by atomic mass is 16.2. The van der Waals surface area contributed by atoms with Crippen molar-refractivity contribution < 1.29 is 4.79 Å². The van der Waals surface area contributed by atoms with E-state index in [1.165, 1.54) is 70.2 Å². The molecule has 2 heterocycles. The van der Waals surface area contributed by atoms with Crippen molar-refractivity contribution in [1.82, 2.24) is 9.80 Å². The van der Waals surface area contributed by atoms with E-state index in [0.717, 1.165) is 31.8 Å². The Labute approximate surface area is 154 Å². The van der Waals surface area contributed by atoms with Crippen LogP contribution in [0, 0.1) is 11.8 Å². The summed E-state index contributed by atoms with van der Waals surface area (Å²) in [5.74, 6) is 1.87. The van der Waals surface area contributed by atoms with Crippen molar-refractivity contribution in [2.45, 2.75) is 64.7 Å². The van der Waals surface area contributed by atoms with Gasteiger partial charge in [0.1, 0.15) is 0 Å². The Bertz CT molecular complexity index is 496. The molecule has 1 amide bonds. The van der Waals surface area contributed by atoms with E-state index >= 15 is 0 Å². The molecule has 3 nitrogen and oxygen atoms in total. The number of allylic oxidation sites excluding steroid dienone is 2. The fourth-order valence-electron chi connectivity index (χ4n) is 4.65. The molecule has 2 fully saturated rings. The van der Waals surface area contributed by atoms with Gasteiger partial charge in [-0.1, -0.05) is 23.8 Å². The number of piperidine rings is 1. The molecule has 0 aromatic carbocycles. The van der Waals surface area contributed by atoms with Gasteiger partial charge < -0.3 is 4.90 Å². The first-order chi connectivity index (χ1) is 12.1. The average Bonchev–Trinajstić information content (AvgIpc) is 3.16. The molecule has 0 unspecified atom stereocenters. The van der Waals surface area contributed by atoms with Gasteiger partial charge >= 0.3 is 0 Å². The van der Waals surface area contributed by atoms with Gasteiger partial charge in [-0.15, -0.1) is 0 Å². The van der Waals surface area contributed by atoms with E-state index in [1.807, 2.05) is 0 Å². The van der Waals surface area contributed by atoms with E-state index in [9.17, 15) is 4.79 Å². The molecule has 3 aliphatic rings. The third-order valence-electron chi connectivity index (χ3n) is 6.56. The minimum absolute atomic E-state index is 0.402. The SMILES string of the molecule is C=C(C)[C@@H]1CC=C(CN2CCC(CCC(=O)N3CCCC3)CC2)CC1. The summed E-state index contributed by atoms with van der Waals surface area (Å²) in [6.45, 7) is 11.9. The minimum atomic E-state index is 0.402. The van der Waals surface area contributed by atoms with E-state index in [4.69, 9.17) is 0 Å². The summed E-state index contributed by atoms with van der Waals surface area (Å²) in [4.78, 5) is 16.9. The van der Waals surface area contributed by atoms with Gasteiger partial charge in [0.15, 0.2) is 0 Å². The van der Waals surface area contributed by atoms with Crippen LogP contribution < -0.4 is 0 Å². The van der Waals surface area contributed by atoms with E-state index in [2.05, 4.69) is 29.4 Å². The molecular formula is C22H36N2O. The number of amides is 1. The summed E-state index contributed by atoms with van der Waals surface area (Å²) >= 11 is 0. The second-order valence-electron chi connectivity index (χ2n) is 8.53. The molecule has 25 heavy (non-hydrogen) atoms. The monoisotopic (exact) mass is 344 g/mol. The first kappa shape index (κ1) is 18.7. The molecule has 1 atom stereocenters. The van der Waals surface area contributed by atoms with Crippen molar-refractivity contribution in [3.8, 4) is 0 Å². The lowest BCUT2D eigenvalue weighted by atomic mass is 9.85. The van der Waals surface area contributed by atoms with Gasteiger partial charge in [-0.2, -0.15) is 0 Å². The third kappa shape index (κ3) is 5.44. The highest BCUT2D eigenvalue weighted by Gasteiger charge is 2.23. The van der Waals surface area contributed by atoms with Crippen molar-refractivity contribution in [3.05, 3.63) is 23.8 Å². The number of nitrogens with zero attached hydrogens (tertiary/aromatic N) is 2. The quantitative estimate of drug-likeness (QED) is 0.667. The number of likely N-dealkylation sites (tertiary alicyclic amines) is 2. The van der Waals surface area contributed by atoms with Gasteiger partial charge in [-0.3, -0.25) is 9.69 Å². The molecule has 140 valence electrons. The van der Waals surface area contributed by atoms with Crippen LogP contribution in [0.5, 0.6) is 0 Å². The van der Waals surface area contributed by atoms with Gasteiger partial charge in [-0.05, 0) is 83.2 Å². The Hall–Kier alpha value is -1.09. The number of hydrogen-bond acceptors (Lipinski definition) is 2.